The lowest BCUT2D eigenvalue weighted by Gasteiger charge is -2.22. The Morgan fingerprint density at radius 1 is 1.03 bits per heavy atom. The SMILES string of the molecule is C=C(C)COc1c(C)cc(C(CCC)c2nccc3cc(OC)c(OC)cc23)cc1C. The molecule has 1 heterocycles. The Morgan fingerprint density at radius 3 is 2.26 bits per heavy atom. The smallest absolute Gasteiger partial charge is 0.161 e. The van der Waals surface area contributed by atoms with Crippen molar-refractivity contribution in [2.75, 3.05) is 20.8 Å². The van der Waals surface area contributed by atoms with Crippen molar-refractivity contribution in [1.82, 2.24) is 4.98 Å². The van der Waals surface area contributed by atoms with Crippen LogP contribution in [0.15, 0.2) is 48.7 Å². The summed E-state index contributed by atoms with van der Waals surface area (Å²) in [5.74, 6) is 2.57. The van der Waals surface area contributed by atoms with Crippen molar-refractivity contribution in [3.05, 3.63) is 71.1 Å². The molecule has 0 bridgehead atoms. The second kappa shape index (κ2) is 9.86. The summed E-state index contributed by atoms with van der Waals surface area (Å²) in [6, 6.07) is 10.6. The molecule has 1 atom stereocenters. The number of aryl methyl sites for hydroxylation is 2. The van der Waals surface area contributed by atoms with Gasteiger partial charge >= 0.3 is 0 Å². The minimum absolute atomic E-state index is 0.180. The predicted octanol–water partition coefficient (Wildman–Crippen LogP) is 6.76. The van der Waals surface area contributed by atoms with Crippen molar-refractivity contribution in [1.29, 1.82) is 0 Å². The van der Waals surface area contributed by atoms with Crippen LogP contribution in [-0.4, -0.2) is 25.8 Å². The highest BCUT2D eigenvalue weighted by atomic mass is 16.5. The van der Waals surface area contributed by atoms with Gasteiger partial charge in [0.25, 0.3) is 0 Å². The second-order valence-corrected chi connectivity index (χ2v) is 8.20. The molecule has 0 aliphatic carbocycles. The molecule has 0 fully saturated rings. The van der Waals surface area contributed by atoms with Gasteiger partial charge in [0.1, 0.15) is 12.4 Å². The normalized spacial score (nSPS) is 11.9. The molecule has 4 nitrogen and oxygen atoms in total. The van der Waals surface area contributed by atoms with E-state index in [2.05, 4.69) is 39.5 Å². The second-order valence-electron chi connectivity index (χ2n) is 8.20. The third-order valence-corrected chi connectivity index (χ3v) is 5.55. The van der Waals surface area contributed by atoms with E-state index in [-0.39, 0.29) is 5.92 Å². The fourth-order valence-corrected chi connectivity index (χ4v) is 4.16. The summed E-state index contributed by atoms with van der Waals surface area (Å²) in [5, 5.41) is 2.19. The standard InChI is InChI=1S/C27H33NO3/c1-8-9-22(21-12-18(4)27(19(5)13-21)31-16-17(2)3)26-23-15-25(30-7)24(29-6)14-20(23)10-11-28-26/h10-15,22H,2,8-9,16H2,1,3-7H3. The van der Waals surface area contributed by atoms with Crippen LogP contribution in [0.3, 0.4) is 0 Å². The third-order valence-electron chi connectivity index (χ3n) is 5.55. The van der Waals surface area contributed by atoms with Crippen LogP contribution in [0.25, 0.3) is 10.8 Å². The summed E-state index contributed by atoms with van der Waals surface area (Å²) in [4.78, 5) is 4.84. The van der Waals surface area contributed by atoms with Gasteiger partial charge in [-0.1, -0.05) is 32.1 Å². The highest BCUT2D eigenvalue weighted by Crippen LogP contribution is 2.39. The van der Waals surface area contributed by atoms with Crippen LogP contribution in [0.2, 0.25) is 0 Å². The van der Waals surface area contributed by atoms with E-state index in [9.17, 15) is 0 Å². The quantitative estimate of drug-likeness (QED) is 0.359. The Hall–Kier alpha value is -3.01. The van der Waals surface area contributed by atoms with Crippen LogP contribution in [0.4, 0.5) is 0 Å². The van der Waals surface area contributed by atoms with E-state index in [1.165, 1.54) is 5.56 Å². The van der Waals surface area contributed by atoms with E-state index in [1.54, 1.807) is 14.2 Å². The molecule has 0 amide bonds. The number of pyridine rings is 1. The van der Waals surface area contributed by atoms with Gasteiger partial charge in [0.05, 0.1) is 19.9 Å². The van der Waals surface area contributed by atoms with Gasteiger partial charge in [0, 0.05) is 17.5 Å². The predicted molar refractivity (Wildman–Crippen MR) is 128 cm³/mol. The van der Waals surface area contributed by atoms with Gasteiger partial charge in [0.2, 0.25) is 0 Å². The summed E-state index contributed by atoms with van der Waals surface area (Å²) in [5.41, 5.74) is 5.61. The van der Waals surface area contributed by atoms with E-state index in [0.717, 1.165) is 63.3 Å². The van der Waals surface area contributed by atoms with E-state index >= 15 is 0 Å². The van der Waals surface area contributed by atoms with Gasteiger partial charge in [-0.3, -0.25) is 4.98 Å². The molecule has 0 N–H and O–H groups in total. The Balaban J connectivity index is 2.12. The maximum absolute atomic E-state index is 6.01. The van der Waals surface area contributed by atoms with Gasteiger partial charge in [-0.15, -0.1) is 0 Å². The van der Waals surface area contributed by atoms with Crippen molar-refractivity contribution < 1.29 is 14.2 Å². The number of ether oxygens (including phenoxy) is 3. The summed E-state index contributed by atoms with van der Waals surface area (Å²) in [6.07, 6.45) is 3.95. The Morgan fingerprint density at radius 2 is 1.68 bits per heavy atom. The molecule has 0 spiro atoms. The first-order valence-corrected chi connectivity index (χ1v) is 10.8. The molecule has 0 saturated heterocycles. The molecule has 31 heavy (non-hydrogen) atoms. The first-order valence-electron chi connectivity index (χ1n) is 10.8. The average Bonchev–Trinajstić information content (AvgIpc) is 2.75. The van der Waals surface area contributed by atoms with Crippen LogP contribution in [-0.2, 0) is 0 Å². The van der Waals surface area contributed by atoms with Crippen molar-refractivity contribution in [2.24, 2.45) is 0 Å². The van der Waals surface area contributed by atoms with Gasteiger partial charge < -0.3 is 14.2 Å². The average molecular weight is 420 g/mol. The van der Waals surface area contributed by atoms with Gasteiger partial charge in [0.15, 0.2) is 11.5 Å². The molecule has 1 aromatic heterocycles. The summed E-state index contributed by atoms with van der Waals surface area (Å²) < 4.78 is 17.1. The molecular formula is C27H33NO3. The number of aromatic nitrogens is 1. The number of nitrogens with zero attached hydrogens (tertiary/aromatic N) is 1. The molecule has 0 aliphatic heterocycles. The summed E-state index contributed by atoms with van der Waals surface area (Å²) >= 11 is 0. The van der Waals surface area contributed by atoms with Crippen molar-refractivity contribution in [2.45, 2.75) is 46.5 Å². The number of hydrogen-bond acceptors (Lipinski definition) is 4. The van der Waals surface area contributed by atoms with Gasteiger partial charge in [-0.25, -0.2) is 0 Å². The fraction of sp³-hybridized carbons (Fsp3) is 0.370. The number of methoxy groups -OCH3 is 2. The zero-order valence-electron chi connectivity index (χ0n) is 19.5. The van der Waals surface area contributed by atoms with E-state index in [0.29, 0.717) is 6.61 Å². The van der Waals surface area contributed by atoms with Crippen molar-refractivity contribution >= 4 is 10.8 Å². The lowest BCUT2D eigenvalue weighted by Crippen LogP contribution is -2.07. The number of hydrogen-bond donors (Lipinski definition) is 0. The topological polar surface area (TPSA) is 40.6 Å². The van der Waals surface area contributed by atoms with Crippen LogP contribution in [0.1, 0.15) is 55.0 Å². The molecule has 1 unspecified atom stereocenters. The van der Waals surface area contributed by atoms with Gasteiger partial charge in [-0.2, -0.15) is 0 Å². The largest absolute Gasteiger partial charge is 0.493 e. The molecule has 4 heteroatoms. The zero-order chi connectivity index (χ0) is 22.5. The molecule has 0 saturated carbocycles. The Labute approximate surface area is 185 Å². The molecule has 0 radical (unpaired) electrons. The maximum Gasteiger partial charge on any atom is 0.161 e. The van der Waals surface area contributed by atoms with E-state index in [1.807, 2.05) is 31.3 Å². The van der Waals surface area contributed by atoms with Crippen LogP contribution < -0.4 is 14.2 Å². The lowest BCUT2D eigenvalue weighted by atomic mass is 9.86. The van der Waals surface area contributed by atoms with E-state index in [4.69, 9.17) is 19.2 Å². The minimum Gasteiger partial charge on any atom is -0.493 e. The highest BCUT2D eigenvalue weighted by Gasteiger charge is 2.21. The maximum atomic E-state index is 6.01. The van der Waals surface area contributed by atoms with Gasteiger partial charge in [-0.05, 0) is 73.0 Å². The van der Waals surface area contributed by atoms with Crippen molar-refractivity contribution in [3.8, 4) is 17.2 Å². The van der Waals surface area contributed by atoms with Crippen LogP contribution >= 0.6 is 0 Å². The first kappa shape index (κ1) is 22.7. The highest BCUT2D eigenvalue weighted by molar-refractivity contribution is 5.88. The monoisotopic (exact) mass is 419 g/mol. The third kappa shape index (κ3) is 4.84. The zero-order valence-corrected chi connectivity index (χ0v) is 19.5. The van der Waals surface area contributed by atoms with Crippen molar-refractivity contribution in [3.63, 3.8) is 0 Å². The summed E-state index contributed by atoms with van der Waals surface area (Å²) in [7, 11) is 3.33. The summed E-state index contributed by atoms with van der Waals surface area (Å²) in [6.45, 7) is 12.9. The molecular weight excluding hydrogens is 386 g/mol. The fourth-order valence-electron chi connectivity index (χ4n) is 4.16. The number of rotatable bonds is 9. The Kier molecular flexibility index (Phi) is 7.21. The lowest BCUT2D eigenvalue weighted by molar-refractivity contribution is 0.347. The first-order chi connectivity index (χ1) is 14.9. The molecule has 3 aromatic rings. The number of fused-ring (bicyclic) bond motifs is 1. The minimum atomic E-state index is 0.180. The molecule has 0 aliphatic rings. The Bertz CT molecular complexity index is 1060. The molecule has 2 aromatic carbocycles. The van der Waals surface area contributed by atoms with E-state index < -0.39 is 0 Å². The molecule has 3 rings (SSSR count). The van der Waals surface area contributed by atoms with Crippen LogP contribution in [0.5, 0.6) is 17.2 Å². The molecule has 164 valence electrons. The number of benzene rings is 2. The van der Waals surface area contributed by atoms with Crippen LogP contribution in [0, 0.1) is 13.8 Å².